The first kappa shape index (κ1) is 15.8. The zero-order valence-electron chi connectivity index (χ0n) is 14.1. The number of carbonyl (C=O) groups excluding carboxylic acids is 2. The normalized spacial score (nSPS) is 24.9. The van der Waals surface area contributed by atoms with Crippen molar-refractivity contribution in [2.45, 2.75) is 12.6 Å². The SMILES string of the molecule is C=C1CN(Cc2ccccc2)[C@H]2c3ccccc3C(=O)[C@@]12C(=O)OC. The molecule has 1 aliphatic heterocycles. The van der Waals surface area contributed by atoms with Crippen LogP contribution in [-0.4, -0.2) is 30.3 Å². The molecule has 0 radical (unpaired) electrons. The average Bonchev–Trinajstić information content (AvgIpc) is 3.08. The minimum Gasteiger partial charge on any atom is -0.468 e. The van der Waals surface area contributed by atoms with Gasteiger partial charge in [0.1, 0.15) is 0 Å². The molecule has 0 saturated carbocycles. The Hall–Kier alpha value is -2.72. The Morgan fingerprint density at radius 2 is 1.88 bits per heavy atom. The van der Waals surface area contributed by atoms with Gasteiger partial charge in [-0.15, -0.1) is 0 Å². The summed E-state index contributed by atoms with van der Waals surface area (Å²) < 4.78 is 5.06. The Kier molecular flexibility index (Phi) is 3.58. The zero-order valence-corrected chi connectivity index (χ0v) is 14.1. The number of nitrogens with zero attached hydrogens (tertiary/aromatic N) is 1. The van der Waals surface area contributed by atoms with Crippen molar-refractivity contribution in [2.75, 3.05) is 13.7 Å². The molecule has 25 heavy (non-hydrogen) atoms. The molecule has 1 fully saturated rings. The molecule has 1 saturated heterocycles. The highest BCUT2D eigenvalue weighted by Crippen LogP contribution is 2.58. The predicted octanol–water partition coefficient (Wildman–Crippen LogP) is 3.16. The summed E-state index contributed by atoms with van der Waals surface area (Å²) in [5, 5.41) is 0. The summed E-state index contributed by atoms with van der Waals surface area (Å²) in [6.07, 6.45) is 0. The van der Waals surface area contributed by atoms with E-state index in [4.69, 9.17) is 4.74 Å². The van der Waals surface area contributed by atoms with Crippen molar-refractivity contribution in [1.82, 2.24) is 4.90 Å². The number of methoxy groups -OCH3 is 1. The minimum absolute atomic E-state index is 0.194. The number of hydrogen-bond donors (Lipinski definition) is 0. The van der Waals surface area contributed by atoms with Gasteiger partial charge < -0.3 is 4.74 Å². The molecule has 2 aromatic carbocycles. The van der Waals surface area contributed by atoms with E-state index in [9.17, 15) is 9.59 Å². The van der Waals surface area contributed by atoms with Crippen LogP contribution in [0.2, 0.25) is 0 Å². The molecule has 0 unspecified atom stereocenters. The lowest BCUT2D eigenvalue weighted by Crippen LogP contribution is -2.41. The highest BCUT2D eigenvalue weighted by Gasteiger charge is 2.66. The number of ether oxygens (including phenoxy) is 1. The molecule has 4 heteroatoms. The number of ketones is 1. The Morgan fingerprint density at radius 1 is 1.20 bits per heavy atom. The smallest absolute Gasteiger partial charge is 0.325 e. The number of likely N-dealkylation sites (tertiary alicyclic amines) is 1. The van der Waals surface area contributed by atoms with Crippen LogP contribution in [0, 0.1) is 5.41 Å². The molecule has 4 rings (SSSR count). The first-order valence-corrected chi connectivity index (χ1v) is 8.29. The molecule has 2 aliphatic rings. The van der Waals surface area contributed by atoms with Crippen LogP contribution in [0.3, 0.4) is 0 Å². The lowest BCUT2D eigenvalue weighted by Gasteiger charge is -2.29. The first-order valence-electron chi connectivity index (χ1n) is 8.29. The lowest BCUT2D eigenvalue weighted by atomic mass is 9.77. The van der Waals surface area contributed by atoms with Gasteiger partial charge in [-0.05, 0) is 16.7 Å². The Labute approximate surface area is 146 Å². The number of rotatable bonds is 3. The Balaban J connectivity index is 1.85. The quantitative estimate of drug-likeness (QED) is 0.492. The van der Waals surface area contributed by atoms with E-state index in [1.807, 2.05) is 48.5 Å². The van der Waals surface area contributed by atoms with E-state index in [0.29, 0.717) is 24.2 Å². The zero-order chi connectivity index (χ0) is 17.6. The van der Waals surface area contributed by atoms with Crippen LogP contribution in [0.5, 0.6) is 0 Å². The van der Waals surface area contributed by atoms with Crippen LogP contribution < -0.4 is 0 Å². The lowest BCUT2D eigenvalue weighted by molar-refractivity contribution is -0.149. The van der Waals surface area contributed by atoms with Crippen molar-refractivity contribution in [3.63, 3.8) is 0 Å². The summed E-state index contributed by atoms with van der Waals surface area (Å²) in [6.45, 7) is 5.24. The summed E-state index contributed by atoms with van der Waals surface area (Å²) in [6, 6.07) is 17.1. The third-order valence-electron chi connectivity index (χ3n) is 5.32. The molecular formula is C21H19NO3. The molecule has 126 valence electrons. The maximum absolute atomic E-state index is 13.2. The van der Waals surface area contributed by atoms with Gasteiger partial charge in [0.15, 0.2) is 11.2 Å². The topological polar surface area (TPSA) is 46.6 Å². The molecule has 0 spiro atoms. The number of benzene rings is 2. The van der Waals surface area contributed by atoms with E-state index in [1.54, 1.807) is 6.07 Å². The van der Waals surface area contributed by atoms with Crippen LogP contribution in [0.1, 0.15) is 27.5 Å². The van der Waals surface area contributed by atoms with Crippen LogP contribution in [0.25, 0.3) is 0 Å². The van der Waals surface area contributed by atoms with Crippen LogP contribution in [-0.2, 0) is 16.1 Å². The van der Waals surface area contributed by atoms with Crippen LogP contribution in [0.4, 0.5) is 0 Å². The standard InChI is InChI=1S/C21H19NO3/c1-14-12-22(13-15-8-4-3-5-9-15)18-16-10-6-7-11-17(16)19(23)21(14,18)20(24)25-2/h3-11,18H,1,12-13H2,2H3/t18-,21+/m0/s1. The van der Waals surface area contributed by atoms with Crippen molar-refractivity contribution in [3.05, 3.63) is 83.4 Å². The monoisotopic (exact) mass is 333 g/mol. The second-order valence-corrected chi connectivity index (χ2v) is 6.61. The first-order chi connectivity index (χ1) is 12.1. The maximum Gasteiger partial charge on any atom is 0.325 e. The van der Waals surface area contributed by atoms with Crippen LogP contribution in [0.15, 0.2) is 66.7 Å². The predicted molar refractivity (Wildman–Crippen MR) is 94.0 cm³/mol. The van der Waals surface area contributed by atoms with Gasteiger partial charge in [-0.3, -0.25) is 14.5 Å². The van der Waals surface area contributed by atoms with E-state index >= 15 is 0 Å². The number of hydrogen-bond acceptors (Lipinski definition) is 4. The Morgan fingerprint density at radius 3 is 2.60 bits per heavy atom. The van der Waals surface area contributed by atoms with E-state index < -0.39 is 11.4 Å². The van der Waals surface area contributed by atoms with Crippen molar-refractivity contribution >= 4 is 11.8 Å². The highest BCUT2D eigenvalue weighted by molar-refractivity contribution is 6.19. The molecular weight excluding hydrogens is 314 g/mol. The van der Waals surface area contributed by atoms with Gasteiger partial charge in [-0.25, -0.2) is 0 Å². The van der Waals surface area contributed by atoms with Gasteiger partial charge in [-0.1, -0.05) is 61.2 Å². The van der Waals surface area contributed by atoms with Crippen LogP contribution >= 0.6 is 0 Å². The minimum atomic E-state index is -1.33. The number of carbonyl (C=O) groups is 2. The van der Waals surface area contributed by atoms with E-state index in [1.165, 1.54) is 7.11 Å². The summed E-state index contributed by atoms with van der Waals surface area (Å²) in [5.74, 6) is -0.709. The molecule has 2 atom stereocenters. The van der Waals surface area contributed by atoms with Gasteiger partial charge in [0.05, 0.1) is 13.2 Å². The number of fused-ring (bicyclic) bond motifs is 3. The van der Waals surface area contributed by atoms with Gasteiger partial charge in [0.25, 0.3) is 0 Å². The van der Waals surface area contributed by atoms with Crippen molar-refractivity contribution in [2.24, 2.45) is 5.41 Å². The third kappa shape index (κ3) is 2.04. The number of Topliss-reactive ketones (excluding diaryl/α,β-unsaturated/α-hetero) is 1. The Bertz CT molecular complexity index is 874. The third-order valence-corrected chi connectivity index (χ3v) is 5.32. The average molecular weight is 333 g/mol. The van der Waals surface area contributed by atoms with Gasteiger partial charge in [-0.2, -0.15) is 0 Å². The summed E-state index contributed by atoms with van der Waals surface area (Å²) >= 11 is 0. The highest BCUT2D eigenvalue weighted by atomic mass is 16.5. The van der Waals surface area contributed by atoms with Gasteiger partial charge >= 0.3 is 5.97 Å². The molecule has 0 aromatic heterocycles. The molecule has 1 heterocycles. The second-order valence-electron chi connectivity index (χ2n) is 6.61. The van der Waals surface area contributed by atoms with E-state index in [0.717, 1.165) is 11.1 Å². The molecule has 0 bridgehead atoms. The van der Waals surface area contributed by atoms with Crippen molar-refractivity contribution in [1.29, 1.82) is 0 Å². The summed E-state index contributed by atoms with van der Waals surface area (Å²) in [7, 11) is 1.33. The van der Waals surface area contributed by atoms with E-state index in [2.05, 4.69) is 11.5 Å². The molecule has 1 aliphatic carbocycles. The second kappa shape index (κ2) is 5.67. The van der Waals surface area contributed by atoms with Gasteiger partial charge in [0.2, 0.25) is 0 Å². The van der Waals surface area contributed by atoms with Crippen molar-refractivity contribution in [3.8, 4) is 0 Å². The van der Waals surface area contributed by atoms with E-state index in [-0.39, 0.29) is 11.8 Å². The summed E-state index contributed by atoms with van der Waals surface area (Å²) in [4.78, 5) is 28.1. The number of esters is 1. The fourth-order valence-electron chi connectivity index (χ4n) is 4.27. The maximum atomic E-state index is 13.2. The van der Waals surface area contributed by atoms with Gasteiger partial charge in [0, 0.05) is 18.7 Å². The molecule has 4 nitrogen and oxygen atoms in total. The fourth-order valence-corrected chi connectivity index (χ4v) is 4.27. The van der Waals surface area contributed by atoms with Crippen molar-refractivity contribution < 1.29 is 14.3 Å². The largest absolute Gasteiger partial charge is 0.468 e. The summed E-state index contributed by atoms with van der Waals surface area (Å²) in [5.41, 5.74) is 1.89. The molecule has 2 aromatic rings. The molecule has 0 amide bonds. The fraction of sp³-hybridized carbons (Fsp3) is 0.238. The molecule has 0 N–H and O–H groups in total.